The maximum atomic E-state index is 12.5. The van der Waals surface area contributed by atoms with Crippen molar-refractivity contribution in [3.8, 4) is 0 Å². The van der Waals surface area contributed by atoms with Crippen LogP contribution in [0.5, 0.6) is 0 Å². The maximum absolute atomic E-state index is 12.5. The van der Waals surface area contributed by atoms with Gasteiger partial charge in [0.25, 0.3) is 0 Å². The highest BCUT2D eigenvalue weighted by Crippen LogP contribution is 2.51. The number of unbranched alkanes of at least 4 members (excludes halogenated alkanes) is 15. The van der Waals surface area contributed by atoms with Crippen LogP contribution in [-0.4, -0.2) is 42.9 Å². The molecule has 0 aromatic heterocycles. The molecule has 4 nitrogen and oxygen atoms in total. The second kappa shape index (κ2) is 20.2. The summed E-state index contributed by atoms with van der Waals surface area (Å²) in [7, 11) is 2.31. The standard InChI is InChI=1S/C27H56NO3P/c1-6-8-9-10-11-12-13-14-15-16-17-18-19-20-21-22-23-24-25-26-31-32(29,30)27(7-2)28(3,4)5/h15-16,27H,6-14,17-26H2,1-5H3/p+1. The maximum Gasteiger partial charge on any atom is 0.385 e. The molecule has 192 valence electrons. The molecule has 0 amide bonds. The van der Waals surface area contributed by atoms with Crippen molar-refractivity contribution >= 4 is 7.60 Å². The topological polar surface area (TPSA) is 46.5 Å². The van der Waals surface area contributed by atoms with Crippen molar-refractivity contribution in [2.75, 3.05) is 27.7 Å². The molecule has 2 atom stereocenters. The third kappa shape index (κ3) is 18.3. The predicted octanol–water partition coefficient (Wildman–Crippen LogP) is 8.84. The van der Waals surface area contributed by atoms with Crippen LogP contribution in [0.15, 0.2) is 12.2 Å². The minimum atomic E-state index is -3.55. The number of allylic oxidation sites excluding steroid dienone is 2. The molecule has 0 saturated carbocycles. The summed E-state index contributed by atoms with van der Waals surface area (Å²) in [6.45, 7) is 4.63. The van der Waals surface area contributed by atoms with Crippen LogP contribution < -0.4 is 0 Å². The zero-order valence-corrected chi connectivity index (χ0v) is 23.2. The Morgan fingerprint density at radius 2 is 1.12 bits per heavy atom. The first-order valence-electron chi connectivity index (χ1n) is 13.7. The molecular weight excluding hydrogens is 417 g/mol. The summed E-state index contributed by atoms with van der Waals surface area (Å²) in [5.74, 6) is -0.349. The third-order valence-electron chi connectivity index (χ3n) is 6.32. The van der Waals surface area contributed by atoms with Crippen molar-refractivity contribution in [3.05, 3.63) is 12.2 Å². The second-order valence-electron chi connectivity index (χ2n) is 10.4. The van der Waals surface area contributed by atoms with Gasteiger partial charge < -0.3 is 13.9 Å². The van der Waals surface area contributed by atoms with Gasteiger partial charge in [-0.1, -0.05) is 103 Å². The molecule has 1 N–H and O–H groups in total. The van der Waals surface area contributed by atoms with Crippen molar-refractivity contribution in [3.63, 3.8) is 0 Å². The van der Waals surface area contributed by atoms with Crippen LogP contribution in [0.25, 0.3) is 0 Å². The van der Waals surface area contributed by atoms with Crippen molar-refractivity contribution in [1.29, 1.82) is 0 Å². The van der Waals surface area contributed by atoms with Crippen LogP contribution in [0.2, 0.25) is 0 Å². The van der Waals surface area contributed by atoms with Gasteiger partial charge in [-0.2, -0.15) is 0 Å². The largest absolute Gasteiger partial charge is 0.385 e. The lowest BCUT2D eigenvalue weighted by atomic mass is 10.1. The lowest BCUT2D eigenvalue weighted by molar-refractivity contribution is -0.883. The molecule has 0 saturated heterocycles. The molecule has 0 aliphatic carbocycles. The van der Waals surface area contributed by atoms with Crippen molar-refractivity contribution in [1.82, 2.24) is 0 Å². The van der Waals surface area contributed by atoms with Crippen LogP contribution in [0.1, 0.15) is 129 Å². The lowest BCUT2D eigenvalue weighted by Gasteiger charge is -2.35. The average Bonchev–Trinajstić information content (AvgIpc) is 2.71. The first kappa shape index (κ1) is 31.9. The van der Waals surface area contributed by atoms with Gasteiger partial charge in [0.15, 0.2) is 5.78 Å². The first-order chi connectivity index (χ1) is 15.3. The van der Waals surface area contributed by atoms with E-state index in [1.807, 2.05) is 28.1 Å². The summed E-state index contributed by atoms with van der Waals surface area (Å²) in [5.41, 5.74) is 0. The Kier molecular flexibility index (Phi) is 20.1. The normalized spacial score (nSPS) is 15.3. The van der Waals surface area contributed by atoms with E-state index in [0.717, 1.165) is 12.8 Å². The Hall–Kier alpha value is -0.150. The summed E-state index contributed by atoms with van der Waals surface area (Å²) in [6.07, 6.45) is 27.4. The molecule has 32 heavy (non-hydrogen) atoms. The number of hydrogen-bond acceptors (Lipinski definition) is 2. The number of quaternary nitrogens is 1. The fourth-order valence-electron chi connectivity index (χ4n) is 4.38. The fraction of sp³-hybridized carbons (Fsp3) is 0.926. The van der Waals surface area contributed by atoms with Gasteiger partial charge in [0.05, 0.1) is 27.7 Å². The zero-order valence-electron chi connectivity index (χ0n) is 22.3. The fourth-order valence-corrected chi connectivity index (χ4v) is 6.28. The minimum absolute atomic E-state index is 0.349. The van der Waals surface area contributed by atoms with Crippen molar-refractivity contribution in [2.45, 2.75) is 135 Å². The molecule has 0 aromatic rings. The van der Waals surface area contributed by atoms with E-state index in [1.54, 1.807) is 0 Å². The van der Waals surface area contributed by atoms with Crippen LogP contribution in [0.3, 0.4) is 0 Å². The Bertz CT molecular complexity index is 488. The van der Waals surface area contributed by atoms with E-state index in [9.17, 15) is 9.46 Å². The quantitative estimate of drug-likeness (QED) is 0.0696. The van der Waals surface area contributed by atoms with Crippen molar-refractivity contribution in [2.24, 2.45) is 0 Å². The van der Waals surface area contributed by atoms with E-state index in [-0.39, 0.29) is 5.78 Å². The van der Waals surface area contributed by atoms with E-state index in [0.29, 0.717) is 17.5 Å². The smallest absolute Gasteiger partial charge is 0.320 e. The molecule has 0 rings (SSSR count). The van der Waals surface area contributed by atoms with E-state index >= 15 is 0 Å². The van der Waals surface area contributed by atoms with Crippen LogP contribution in [0, 0.1) is 0 Å². The molecule has 0 fully saturated rings. The summed E-state index contributed by atoms with van der Waals surface area (Å²) in [4.78, 5) is 10.3. The van der Waals surface area contributed by atoms with Gasteiger partial charge in [0.1, 0.15) is 0 Å². The second-order valence-corrected chi connectivity index (χ2v) is 12.4. The van der Waals surface area contributed by atoms with Gasteiger partial charge in [0.2, 0.25) is 0 Å². The molecule has 0 spiro atoms. The van der Waals surface area contributed by atoms with Crippen LogP contribution in [0.4, 0.5) is 0 Å². The van der Waals surface area contributed by atoms with Crippen LogP contribution in [-0.2, 0) is 9.09 Å². The molecule has 5 heteroatoms. The molecule has 0 heterocycles. The van der Waals surface area contributed by atoms with E-state index in [2.05, 4.69) is 19.1 Å². The summed E-state index contributed by atoms with van der Waals surface area (Å²) in [5, 5.41) is 0. The van der Waals surface area contributed by atoms with Gasteiger partial charge in [-0.3, -0.25) is 4.57 Å². The lowest BCUT2D eigenvalue weighted by Crippen LogP contribution is -2.44. The highest BCUT2D eigenvalue weighted by Gasteiger charge is 2.41. The van der Waals surface area contributed by atoms with Gasteiger partial charge >= 0.3 is 7.60 Å². The summed E-state index contributed by atoms with van der Waals surface area (Å²) in [6, 6.07) is 0. The molecule has 0 aliphatic heterocycles. The monoisotopic (exact) mass is 474 g/mol. The highest BCUT2D eigenvalue weighted by atomic mass is 31.2. The summed E-state index contributed by atoms with van der Waals surface area (Å²) >= 11 is 0. The number of rotatable bonds is 23. The predicted molar refractivity (Wildman–Crippen MR) is 141 cm³/mol. The average molecular weight is 475 g/mol. The van der Waals surface area contributed by atoms with Gasteiger partial charge in [-0.25, -0.2) is 0 Å². The Morgan fingerprint density at radius 1 is 0.719 bits per heavy atom. The molecular formula is C27H57NO3P+. The zero-order chi connectivity index (χ0) is 24.1. The van der Waals surface area contributed by atoms with E-state index < -0.39 is 7.60 Å². The SMILES string of the molecule is CCCCCCCCCC=CCCCCCCCCCCOP(=O)(O)C(CC)[N+](C)(C)C. The summed E-state index contributed by atoms with van der Waals surface area (Å²) < 4.78 is 18.4. The van der Waals surface area contributed by atoms with Gasteiger partial charge in [0, 0.05) is 6.42 Å². The minimum Gasteiger partial charge on any atom is -0.320 e. The molecule has 0 radical (unpaired) electrons. The first-order valence-corrected chi connectivity index (χ1v) is 15.3. The van der Waals surface area contributed by atoms with Crippen LogP contribution >= 0.6 is 7.60 Å². The van der Waals surface area contributed by atoms with Gasteiger partial charge in [-0.15, -0.1) is 0 Å². The molecule has 0 bridgehead atoms. The molecule has 0 aliphatic rings. The molecule has 0 aromatic carbocycles. The Labute approximate surface area is 201 Å². The van der Waals surface area contributed by atoms with E-state index in [4.69, 9.17) is 4.52 Å². The van der Waals surface area contributed by atoms with Crippen molar-refractivity contribution < 1.29 is 18.5 Å². The highest BCUT2D eigenvalue weighted by molar-refractivity contribution is 7.53. The number of nitrogens with zero attached hydrogens (tertiary/aromatic N) is 1. The number of hydrogen-bond donors (Lipinski definition) is 1. The Balaban J connectivity index is 3.45. The third-order valence-corrected chi connectivity index (χ3v) is 8.68. The van der Waals surface area contributed by atoms with E-state index in [1.165, 1.54) is 96.3 Å². The molecule has 2 unspecified atom stereocenters. The Morgan fingerprint density at radius 3 is 1.53 bits per heavy atom. The van der Waals surface area contributed by atoms with Gasteiger partial charge in [-0.05, 0) is 32.1 Å².